The van der Waals surface area contributed by atoms with E-state index in [0.717, 1.165) is 17.1 Å². The molecule has 0 aliphatic heterocycles. The van der Waals surface area contributed by atoms with Crippen LogP contribution < -0.4 is 15.2 Å². The van der Waals surface area contributed by atoms with Gasteiger partial charge < -0.3 is 15.2 Å². The van der Waals surface area contributed by atoms with Gasteiger partial charge >= 0.3 is 0 Å². The van der Waals surface area contributed by atoms with E-state index in [9.17, 15) is 0 Å². The highest BCUT2D eigenvalue weighted by molar-refractivity contribution is 7.80. The van der Waals surface area contributed by atoms with Gasteiger partial charge in [-0.25, -0.2) is 0 Å². The maximum absolute atomic E-state index is 6.05. The van der Waals surface area contributed by atoms with Crippen LogP contribution in [-0.4, -0.2) is 18.2 Å². The molecule has 0 atom stereocenters. The molecule has 2 N–H and O–H groups in total. The average Bonchev–Trinajstić information content (AvgIpc) is 2.57. The number of ether oxygens (including phenoxy) is 2. The van der Waals surface area contributed by atoms with Gasteiger partial charge in [-0.2, -0.15) is 0 Å². The lowest BCUT2D eigenvalue weighted by atomic mass is 9.80. The summed E-state index contributed by atoms with van der Waals surface area (Å²) in [5.41, 5.74) is 9.09. The van der Waals surface area contributed by atoms with Crippen molar-refractivity contribution in [2.45, 2.75) is 52.4 Å². The first-order valence-electron chi connectivity index (χ1n) is 9.29. The maximum atomic E-state index is 6.05. The van der Waals surface area contributed by atoms with Gasteiger partial charge in [0.2, 0.25) is 0 Å². The van der Waals surface area contributed by atoms with E-state index in [4.69, 9.17) is 27.4 Å². The number of rotatable bonds is 6. The van der Waals surface area contributed by atoms with Crippen molar-refractivity contribution in [3.05, 3.63) is 59.2 Å². The summed E-state index contributed by atoms with van der Waals surface area (Å²) in [4.78, 5) is 0.387. The first-order chi connectivity index (χ1) is 12.5. The van der Waals surface area contributed by atoms with Gasteiger partial charge in [0.05, 0.1) is 0 Å². The highest BCUT2D eigenvalue weighted by Crippen LogP contribution is 2.35. The van der Waals surface area contributed by atoms with E-state index in [1.54, 1.807) is 0 Å². The predicted octanol–water partition coefficient (Wildman–Crippen LogP) is 5.37. The number of nitrogens with two attached hydrogens (primary N) is 1. The smallest absolute Gasteiger partial charge is 0.123 e. The van der Waals surface area contributed by atoms with Gasteiger partial charge in [0, 0.05) is 5.56 Å². The van der Waals surface area contributed by atoms with Crippen LogP contribution >= 0.6 is 12.2 Å². The van der Waals surface area contributed by atoms with E-state index in [1.807, 2.05) is 24.3 Å². The molecule has 146 valence electrons. The second-order valence-corrected chi connectivity index (χ2v) is 9.24. The quantitative estimate of drug-likeness (QED) is 0.536. The Hall–Kier alpha value is -2.07. The lowest BCUT2D eigenvalue weighted by Gasteiger charge is -2.27. The van der Waals surface area contributed by atoms with E-state index in [0.29, 0.717) is 18.2 Å². The third-order valence-electron chi connectivity index (χ3n) is 4.40. The van der Waals surface area contributed by atoms with E-state index in [2.05, 4.69) is 59.7 Å². The second kappa shape index (κ2) is 8.30. The van der Waals surface area contributed by atoms with E-state index >= 15 is 0 Å². The Bertz CT molecular complexity index is 784. The van der Waals surface area contributed by atoms with Crippen LogP contribution in [0.15, 0.2) is 42.5 Å². The summed E-state index contributed by atoms with van der Waals surface area (Å²) >= 11 is 4.96. The number of hydrogen-bond donors (Lipinski definition) is 1. The molecule has 0 fully saturated rings. The Balaban J connectivity index is 2.01. The molecule has 2 aromatic carbocycles. The van der Waals surface area contributed by atoms with Crippen LogP contribution in [0, 0.1) is 0 Å². The zero-order chi connectivity index (χ0) is 20.2. The normalized spacial score (nSPS) is 11.9. The summed E-state index contributed by atoms with van der Waals surface area (Å²) in [6.45, 7) is 14.3. The topological polar surface area (TPSA) is 44.5 Å². The Morgan fingerprint density at radius 3 is 1.96 bits per heavy atom. The number of thiocarbonyl (C=S) groups is 1. The minimum Gasteiger partial charge on any atom is -0.490 e. The monoisotopic (exact) mass is 385 g/mol. The van der Waals surface area contributed by atoms with Crippen molar-refractivity contribution in [3.8, 4) is 11.5 Å². The number of benzene rings is 2. The van der Waals surface area contributed by atoms with Crippen LogP contribution in [0.1, 0.15) is 58.2 Å². The fraction of sp³-hybridized carbons (Fsp3) is 0.435. The summed E-state index contributed by atoms with van der Waals surface area (Å²) < 4.78 is 11.8. The Morgan fingerprint density at radius 2 is 1.44 bits per heavy atom. The summed E-state index contributed by atoms with van der Waals surface area (Å²) in [5, 5.41) is 0. The van der Waals surface area contributed by atoms with Crippen molar-refractivity contribution >= 4 is 17.2 Å². The van der Waals surface area contributed by atoms with Gasteiger partial charge in [-0.3, -0.25) is 0 Å². The molecule has 0 aliphatic carbocycles. The highest BCUT2D eigenvalue weighted by atomic mass is 32.1. The molecule has 0 bridgehead atoms. The minimum absolute atomic E-state index is 0.00786. The Kier molecular flexibility index (Phi) is 6.53. The van der Waals surface area contributed by atoms with Crippen molar-refractivity contribution < 1.29 is 9.47 Å². The molecule has 0 amide bonds. The number of hydrogen-bond acceptors (Lipinski definition) is 3. The van der Waals surface area contributed by atoms with Gasteiger partial charge in [0.25, 0.3) is 0 Å². The van der Waals surface area contributed by atoms with Crippen LogP contribution in [0.5, 0.6) is 11.5 Å². The molecule has 27 heavy (non-hydrogen) atoms. The fourth-order valence-electron chi connectivity index (χ4n) is 2.74. The van der Waals surface area contributed by atoms with Crippen LogP contribution in [0.25, 0.3) is 0 Å². The first-order valence-corrected chi connectivity index (χ1v) is 9.70. The second-order valence-electron chi connectivity index (χ2n) is 8.80. The van der Waals surface area contributed by atoms with Crippen molar-refractivity contribution in [2.75, 3.05) is 13.2 Å². The van der Waals surface area contributed by atoms with Gasteiger partial charge in [-0.1, -0.05) is 65.9 Å². The van der Waals surface area contributed by atoms with Gasteiger partial charge in [0.1, 0.15) is 29.7 Å². The maximum Gasteiger partial charge on any atom is 0.123 e. The van der Waals surface area contributed by atoms with Crippen molar-refractivity contribution in [3.63, 3.8) is 0 Å². The van der Waals surface area contributed by atoms with Crippen molar-refractivity contribution in [1.29, 1.82) is 0 Å². The lowest BCUT2D eigenvalue weighted by Crippen LogP contribution is -2.19. The van der Waals surface area contributed by atoms with Gasteiger partial charge in [-0.15, -0.1) is 0 Å². The molecule has 0 saturated carbocycles. The zero-order valence-corrected chi connectivity index (χ0v) is 18.1. The molecular weight excluding hydrogens is 354 g/mol. The molecule has 4 heteroatoms. The van der Waals surface area contributed by atoms with Crippen LogP contribution in [-0.2, 0) is 10.8 Å². The minimum atomic E-state index is 0.00786. The van der Waals surface area contributed by atoms with E-state index < -0.39 is 0 Å². The molecule has 0 unspecified atom stereocenters. The molecule has 0 heterocycles. The van der Waals surface area contributed by atoms with Gasteiger partial charge in [0.15, 0.2) is 0 Å². The largest absolute Gasteiger partial charge is 0.490 e. The van der Waals surface area contributed by atoms with E-state index in [-0.39, 0.29) is 10.8 Å². The molecule has 0 spiro atoms. The summed E-state index contributed by atoms with van der Waals surface area (Å²) in [6.07, 6.45) is 0. The molecule has 0 saturated heterocycles. The Labute approximate surface area is 168 Å². The third-order valence-corrected chi connectivity index (χ3v) is 4.64. The lowest BCUT2D eigenvalue weighted by molar-refractivity contribution is 0.214. The van der Waals surface area contributed by atoms with Gasteiger partial charge in [-0.05, 0) is 52.3 Å². The molecule has 2 rings (SSSR count). The van der Waals surface area contributed by atoms with Crippen LogP contribution in [0.3, 0.4) is 0 Å². The molecule has 0 radical (unpaired) electrons. The molecule has 0 aromatic heterocycles. The highest BCUT2D eigenvalue weighted by Gasteiger charge is 2.23. The first kappa shape index (κ1) is 21.2. The summed E-state index contributed by atoms with van der Waals surface area (Å²) in [7, 11) is 0. The molecule has 2 aromatic rings. The standard InChI is InChI=1S/C23H31NO2S/c1-22(2,3)17-9-12-20(19(15-17)23(4,5)6)26-14-13-25-18-10-7-16(8-11-18)21(24)27/h7-12,15H,13-14H2,1-6H3,(H2,24,27). The zero-order valence-electron chi connectivity index (χ0n) is 17.3. The Morgan fingerprint density at radius 1 is 0.852 bits per heavy atom. The molecule has 3 nitrogen and oxygen atoms in total. The average molecular weight is 386 g/mol. The summed E-state index contributed by atoms with van der Waals surface area (Å²) in [6, 6.07) is 14.0. The van der Waals surface area contributed by atoms with Crippen LogP contribution in [0.4, 0.5) is 0 Å². The van der Waals surface area contributed by atoms with E-state index in [1.165, 1.54) is 11.1 Å². The predicted molar refractivity (Wildman–Crippen MR) is 117 cm³/mol. The molecule has 0 aliphatic rings. The molecular formula is C23H31NO2S. The van der Waals surface area contributed by atoms with Crippen molar-refractivity contribution in [1.82, 2.24) is 0 Å². The van der Waals surface area contributed by atoms with Crippen LogP contribution in [0.2, 0.25) is 0 Å². The fourth-order valence-corrected chi connectivity index (χ4v) is 2.87. The SMILES string of the molecule is CC(C)(C)c1ccc(OCCOc2ccc(C(N)=S)cc2)c(C(C)(C)C)c1. The van der Waals surface area contributed by atoms with Crippen molar-refractivity contribution in [2.24, 2.45) is 5.73 Å². The third kappa shape index (κ3) is 5.96. The summed E-state index contributed by atoms with van der Waals surface area (Å²) in [5.74, 6) is 1.70.